The van der Waals surface area contributed by atoms with Gasteiger partial charge in [-0.15, -0.1) is 0 Å². The number of rotatable bonds is 11. The van der Waals surface area contributed by atoms with E-state index in [1.807, 2.05) is 56.3 Å². The smallest absolute Gasteiger partial charge is 0.311 e. The second-order valence-corrected chi connectivity index (χ2v) is 15.5. The van der Waals surface area contributed by atoms with E-state index in [0.29, 0.717) is 72.3 Å². The molecule has 6 aromatic rings. The molecule has 0 radical (unpaired) electrons. The fourth-order valence-corrected chi connectivity index (χ4v) is 8.18. The van der Waals surface area contributed by atoms with Gasteiger partial charge in [0, 0.05) is 43.6 Å². The fourth-order valence-electron chi connectivity index (χ4n) is 7.13. The normalized spacial score (nSPS) is 17.9. The highest BCUT2D eigenvalue weighted by molar-refractivity contribution is 14.1. The third-order valence-corrected chi connectivity index (χ3v) is 12.4. The molecule has 1 aliphatic heterocycles. The number of likely N-dealkylation sites (tertiary alicyclic amines) is 1. The van der Waals surface area contributed by atoms with Crippen LogP contribution in [0.25, 0.3) is 44.7 Å². The molecule has 3 aromatic heterocycles. The first-order chi connectivity index (χ1) is 25.9. The predicted octanol–water partition coefficient (Wildman–Crippen LogP) is 7.57. The number of nitrogens with zero attached hydrogens (tertiary/aromatic N) is 6. The van der Waals surface area contributed by atoms with Crippen molar-refractivity contribution in [3.05, 3.63) is 94.4 Å². The van der Waals surface area contributed by atoms with E-state index in [4.69, 9.17) is 19.4 Å². The zero-order valence-electron chi connectivity index (χ0n) is 30.7. The molecule has 0 aliphatic carbocycles. The molecule has 276 valence electrons. The van der Waals surface area contributed by atoms with Gasteiger partial charge in [0.25, 0.3) is 0 Å². The van der Waals surface area contributed by atoms with E-state index in [2.05, 4.69) is 68.2 Å². The first-order valence-electron chi connectivity index (χ1n) is 17.8. The fraction of sp³-hybridized carbons (Fsp3) is 0.317. The van der Waals surface area contributed by atoms with Gasteiger partial charge in [-0.2, -0.15) is 5.26 Å². The van der Waals surface area contributed by atoms with Crippen molar-refractivity contribution in [2.24, 2.45) is 5.41 Å². The number of aryl methyl sites for hydroxylation is 1. The quantitative estimate of drug-likeness (QED) is 0.0574. The molecule has 12 nitrogen and oxygen atoms in total. The van der Waals surface area contributed by atoms with Crippen LogP contribution in [0.1, 0.15) is 53.9 Å². The number of alkyl halides is 1. The van der Waals surface area contributed by atoms with Gasteiger partial charge in [0.2, 0.25) is 5.89 Å². The maximum atomic E-state index is 12.0. The first-order valence-corrected chi connectivity index (χ1v) is 19.0. The Balaban J connectivity index is 1.18. The van der Waals surface area contributed by atoms with E-state index in [1.165, 1.54) is 0 Å². The number of halogens is 1. The number of nitriles is 1. The number of nitrogens with one attached hydrogen (secondary N) is 2. The average molecular weight is 837 g/mol. The van der Waals surface area contributed by atoms with Crippen molar-refractivity contribution >= 4 is 62.2 Å². The second-order valence-electron chi connectivity index (χ2n) is 14.3. The molecule has 13 heteroatoms. The molecule has 4 N–H and O–H groups in total. The van der Waals surface area contributed by atoms with Crippen LogP contribution in [-0.4, -0.2) is 64.3 Å². The van der Waals surface area contributed by atoms with Crippen LogP contribution in [-0.2, 0) is 17.9 Å². The summed E-state index contributed by atoms with van der Waals surface area (Å²) in [6, 6.07) is 20.2. The summed E-state index contributed by atoms with van der Waals surface area (Å²) < 4.78 is 6.12. The average Bonchev–Trinajstić information content (AvgIpc) is 3.69. The Morgan fingerprint density at radius 3 is 2.50 bits per heavy atom. The molecule has 1 fully saturated rings. The number of pyridine rings is 1. The monoisotopic (exact) mass is 836 g/mol. The highest BCUT2D eigenvalue weighted by Gasteiger charge is 2.48. The van der Waals surface area contributed by atoms with E-state index in [9.17, 15) is 20.3 Å². The maximum Gasteiger partial charge on any atom is 0.311 e. The molecule has 0 saturated carbocycles. The number of aliphatic hydroxyl groups is 1. The maximum absolute atomic E-state index is 12.0. The van der Waals surface area contributed by atoms with Gasteiger partial charge in [-0.1, -0.05) is 46.9 Å². The summed E-state index contributed by atoms with van der Waals surface area (Å²) in [5.74, 6) is 0.857. The Morgan fingerprint density at radius 1 is 1.06 bits per heavy atom. The Kier molecular flexibility index (Phi) is 10.4. The Bertz CT molecular complexity index is 2460. The predicted molar refractivity (Wildman–Crippen MR) is 216 cm³/mol. The molecule has 3 aromatic carbocycles. The van der Waals surface area contributed by atoms with E-state index in [1.54, 1.807) is 20.0 Å². The standard InChI is InChI=1S/C41H41IN8O4/c1-22(51)18-44-19-27-16-33-35(45-20-27)37(47-25(4)46-33)48-32-11-7-9-30(24(32)3)29-8-6-10-31(23(29)2)38-49-34-15-26(14-28(17-43)36(34)54-38)21-50-13-12-41(5,39(50)42)40(52)53/h6-11,14-16,20,22,39,44,51H,12-13,18-19,21H2,1-5H3,(H,52,53)(H,46,47,48). The van der Waals surface area contributed by atoms with Gasteiger partial charge in [0.1, 0.15) is 22.9 Å². The lowest BCUT2D eigenvalue weighted by Gasteiger charge is -2.27. The molecular weight excluding hydrogens is 795 g/mol. The number of carboxylic acid groups (broad SMARTS) is 1. The zero-order chi connectivity index (χ0) is 38.3. The highest BCUT2D eigenvalue weighted by Crippen LogP contribution is 2.42. The van der Waals surface area contributed by atoms with Crippen molar-refractivity contribution in [2.75, 3.05) is 18.4 Å². The summed E-state index contributed by atoms with van der Waals surface area (Å²) in [4.78, 5) is 33.1. The SMILES string of the molecule is Cc1nc(Nc2cccc(-c3cccc(-c4nc5cc(CN6CCC(C)(C(=O)O)C6I)cc(C#N)c5o4)c3C)c2C)c2ncc(CNCC(C)O)cc2n1. The van der Waals surface area contributed by atoms with Gasteiger partial charge in [-0.25, -0.2) is 15.0 Å². The number of anilines is 2. The van der Waals surface area contributed by atoms with Crippen molar-refractivity contribution < 1.29 is 19.4 Å². The van der Waals surface area contributed by atoms with Crippen LogP contribution in [0.5, 0.6) is 0 Å². The minimum Gasteiger partial charge on any atom is -0.481 e. The summed E-state index contributed by atoms with van der Waals surface area (Å²) in [7, 11) is 0. The van der Waals surface area contributed by atoms with Crippen LogP contribution >= 0.6 is 22.6 Å². The van der Waals surface area contributed by atoms with Crippen LogP contribution in [0, 0.1) is 37.5 Å². The van der Waals surface area contributed by atoms with Crippen molar-refractivity contribution in [1.82, 2.24) is 30.2 Å². The molecule has 0 amide bonds. The summed E-state index contributed by atoms with van der Waals surface area (Å²) in [5, 5.41) is 36.3. The van der Waals surface area contributed by atoms with Gasteiger partial charge in [-0.05, 0) is 105 Å². The molecule has 0 bridgehead atoms. The second kappa shape index (κ2) is 15.0. The summed E-state index contributed by atoms with van der Waals surface area (Å²) in [6.45, 7) is 11.7. The minimum absolute atomic E-state index is 0.186. The van der Waals surface area contributed by atoms with Crippen molar-refractivity contribution in [3.8, 4) is 28.7 Å². The van der Waals surface area contributed by atoms with Crippen LogP contribution in [0.4, 0.5) is 11.5 Å². The summed E-state index contributed by atoms with van der Waals surface area (Å²) >= 11 is 2.22. The van der Waals surface area contributed by atoms with Gasteiger partial charge in [0.15, 0.2) is 11.4 Å². The number of aromatic nitrogens is 4. The zero-order valence-corrected chi connectivity index (χ0v) is 32.9. The lowest BCUT2D eigenvalue weighted by atomic mass is 9.90. The lowest BCUT2D eigenvalue weighted by molar-refractivity contribution is -0.147. The molecule has 1 saturated heterocycles. The minimum atomic E-state index is -0.829. The van der Waals surface area contributed by atoms with Crippen LogP contribution in [0.15, 0.2) is 65.2 Å². The Hall–Kier alpha value is -5.01. The van der Waals surface area contributed by atoms with E-state index in [0.717, 1.165) is 50.1 Å². The van der Waals surface area contributed by atoms with Gasteiger partial charge in [-0.3, -0.25) is 14.7 Å². The number of benzene rings is 3. The van der Waals surface area contributed by atoms with Crippen LogP contribution in [0.3, 0.4) is 0 Å². The molecule has 0 spiro atoms. The van der Waals surface area contributed by atoms with Crippen molar-refractivity contribution in [2.45, 2.75) is 64.3 Å². The van der Waals surface area contributed by atoms with E-state index >= 15 is 0 Å². The number of fused-ring (bicyclic) bond motifs is 2. The van der Waals surface area contributed by atoms with Crippen molar-refractivity contribution in [3.63, 3.8) is 0 Å². The topological polar surface area (TPSA) is 173 Å². The number of aliphatic carboxylic acids is 1. The third kappa shape index (κ3) is 7.14. The molecule has 4 heterocycles. The largest absolute Gasteiger partial charge is 0.481 e. The molecule has 54 heavy (non-hydrogen) atoms. The lowest BCUT2D eigenvalue weighted by Crippen LogP contribution is -2.38. The van der Waals surface area contributed by atoms with Crippen LogP contribution < -0.4 is 10.6 Å². The first kappa shape index (κ1) is 37.3. The van der Waals surface area contributed by atoms with Gasteiger partial charge < -0.3 is 25.3 Å². The number of aliphatic hydroxyl groups excluding tert-OH is 1. The molecule has 3 atom stereocenters. The Morgan fingerprint density at radius 2 is 1.78 bits per heavy atom. The van der Waals surface area contributed by atoms with Gasteiger partial charge in [0.05, 0.1) is 26.6 Å². The molecular formula is C41H41IN8O4. The molecule has 7 rings (SSSR count). The van der Waals surface area contributed by atoms with Crippen LogP contribution in [0.2, 0.25) is 0 Å². The number of carboxylic acids is 1. The number of carbonyl (C=O) groups is 1. The summed E-state index contributed by atoms with van der Waals surface area (Å²) in [6.07, 6.45) is 1.93. The number of hydrogen-bond donors (Lipinski definition) is 4. The van der Waals surface area contributed by atoms with E-state index in [-0.39, 0.29) is 4.05 Å². The highest BCUT2D eigenvalue weighted by atomic mass is 127. The van der Waals surface area contributed by atoms with E-state index < -0.39 is 17.5 Å². The number of oxazole rings is 1. The number of hydrogen-bond acceptors (Lipinski definition) is 11. The van der Waals surface area contributed by atoms with Crippen molar-refractivity contribution in [1.29, 1.82) is 5.26 Å². The Labute approximate surface area is 326 Å². The molecule has 1 aliphatic rings. The third-order valence-electron chi connectivity index (χ3n) is 10.2. The molecule has 3 unspecified atom stereocenters. The summed E-state index contributed by atoms with van der Waals surface area (Å²) in [5.41, 5.74) is 9.53. The van der Waals surface area contributed by atoms with Gasteiger partial charge >= 0.3 is 5.97 Å².